The molecule has 104 valence electrons. The summed E-state index contributed by atoms with van der Waals surface area (Å²) in [5, 5.41) is 3.34. The van der Waals surface area contributed by atoms with Crippen LogP contribution in [0.4, 0.5) is 0 Å². The van der Waals surface area contributed by atoms with Gasteiger partial charge in [0.15, 0.2) is 0 Å². The summed E-state index contributed by atoms with van der Waals surface area (Å²) in [4.78, 5) is 14.3. The van der Waals surface area contributed by atoms with Crippen LogP contribution in [0.2, 0.25) is 0 Å². The van der Waals surface area contributed by atoms with Crippen molar-refractivity contribution >= 4 is 5.91 Å². The molecule has 0 aromatic carbocycles. The van der Waals surface area contributed by atoms with Crippen molar-refractivity contribution in [3.05, 3.63) is 0 Å². The maximum Gasteiger partial charge on any atom is 0.240 e. The minimum Gasteiger partial charge on any atom is -0.381 e. The van der Waals surface area contributed by atoms with Crippen LogP contribution in [0.15, 0.2) is 0 Å². The Morgan fingerprint density at radius 1 is 1.44 bits per heavy atom. The summed E-state index contributed by atoms with van der Waals surface area (Å²) in [5.74, 6) is 0.302. The quantitative estimate of drug-likeness (QED) is 0.812. The molecule has 2 saturated heterocycles. The average Bonchev–Trinajstić information content (AvgIpc) is 2.69. The van der Waals surface area contributed by atoms with Crippen molar-refractivity contribution in [2.24, 2.45) is 5.41 Å². The van der Waals surface area contributed by atoms with Crippen LogP contribution in [-0.2, 0) is 9.53 Å². The van der Waals surface area contributed by atoms with Crippen molar-refractivity contribution in [1.82, 2.24) is 10.2 Å². The van der Waals surface area contributed by atoms with E-state index >= 15 is 0 Å². The van der Waals surface area contributed by atoms with Gasteiger partial charge in [-0.1, -0.05) is 26.7 Å². The number of carbonyl (C=O) groups excluding carboxylic acids is 1. The number of unbranched alkanes of at least 4 members (excludes halogenated alkanes) is 1. The van der Waals surface area contributed by atoms with E-state index in [9.17, 15) is 4.79 Å². The van der Waals surface area contributed by atoms with Crippen LogP contribution in [-0.4, -0.2) is 43.3 Å². The number of amides is 1. The summed E-state index contributed by atoms with van der Waals surface area (Å²) in [6, 6.07) is 0.0633. The monoisotopic (exact) mass is 254 g/mol. The Kier molecular flexibility index (Phi) is 4.62. The summed E-state index contributed by atoms with van der Waals surface area (Å²) in [6.45, 7) is 7.73. The van der Waals surface area contributed by atoms with Gasteiger partial charge >= 0.3 is 0 Å². The first-order chi connectivity index (χ1) is 8.64. The van der Waals surface area contributed by atoms with Gasteiger partial charge < -0.3 is 9.64 Å². The van der Waals surface area contributed by atoms with E-state index in [-0.39, 0.29) is 11.5 Å². The first-order valence-corrected chi connectivity index (χ1v) is 7.24. The molecule has 2 heterocycles. The standard InChI is InChI=1S/C14H26N2O2/c1-3-4-5-12-13(17)16(11-15-12)10-14(2)6-8-18-9-7-14/h12,15H,3-11H2,1-2H3. The molecule has 1 N–H and O–H groups in total. The van der Waals surface area contributed by atoms with E-state index in [0.717, 1.165) is 58.5 Å². The SMILES string of the molecule is CCCCC1NCN(CC2(C)CCOCC2)C1=O. The Labute approximate surface area is 110 Å². The summed E-state index contributed by atoms with van der Waals surface area (Å²) in [5.41, 5.74) is 0.245. The normalized spacial score (nSPS) is 27.8. The smallest absolute Gasteiger partial charge is 0.240 e. The molecule has 1 amide bonds. The molecule has 0 aliphatic carbocycles. The van der Waals surface area contributed by atoms with Gasteiger partial charge in [0.2, 0.25) is 5.91 Å². The molecule has 0 bridgehead atoms. The zero-order valence-corrected chi connectivity index (χ0v) is 11.7. The Morgan fingerprint density at radius 3 is 2.83 bits per heavy atom. The zero-order chi connectivity index (χ0) is 13.0. The summed E-state index contributed by atoms with van der Waals surface area (Å²) < 4.78 is 5.41. The van der Waals surface area contributed by atoms with Crippen LogP contribution in [0, 0.1) is 5.41 Å². The predicted octanol–water partition coefficient (Wildman–Crippen LogP) is 1.75. The first-order valence-electron chi connectivity index (χ1n) is 7.24. The van der Waals surface area contributed by atoms with E-state index < -0.39 is 0 Å². The van der Waals surface area contributed by atoms with Gasteiger partial charge in [-0.25, -0.2) is 0 Å². The molecule has 0 aromatic heterocycles. The second-order valence-corrected chi connectivity index (χ2v) is 6.02. The van der Waals surface area contributed by atoms with Crippen LogP contribution < -0.4 is 5.32 Å². The molecule has 4 nitrogen and oxygen atoms in total. The number of ether oxygens (including phenoxy) is 1. The van der Waals surface area contributed by atoms with Gasteiger partial charge in [-0.3, -0.25) is 10.1 Å². The van der Waals surface area contributed by atoms with Crippen LogP contribution in [0.1, 0.15) is 46.0 Å². The third-order valence-electron chi connectivity index (χ3n) is 4.26. The molecule has 0 spiro atoms. The van der Waals surface area contributed by atoms with Gasteiger partial charge in [0.25, 0.3) is 0 Å². The molecule has 2 fully saturated rings. The highest BCUT2D eigenvalue weighted by atomic mass is 16.5. The molecule has 0 aromatic rings. The molecule has 4 heteroatoms. The minimum atomic E-state index is 0.0633. The van der Waals surface area contributed by atoms with E-state index in [0.29, 0.717) is 5.91 Å². The Bertz CT molecular complexity index is 288. The van der Waals surface area contributed by atoms with Gasteiger partial charge in [-0.05, 0) is 24.7 Å². The number of rotatable bonds is 5. The summed E-state index contributed by atoms with van der Waals surface area (Å²) in [6.07, 6.45) is 5.39. The summed E-state index contributed by atoms with van der Waals surface area (Å²) >= 11 is 0. The summed E-state index contributed by atoms with van der Waals surface area (Å²) in [7, 11) is 0. The molecule has 1 unspecified atom stereocenters. The van der Waals surface area contributed by atoms with Gasteiger partial charge in [-0.2, -0.15) is 0 Å². The second kappa shape index (κ2) is 6.02. The van der Waals surface area contributed by atoms with Crippen molar-refractivity contribution < 1.29 is 9.53 Å². The highest BCUT2D eigenvalue weighted by Crippen LogP contribution is 2.31. The average molecular weight is 254 g/mol. The van der Waals surface area contributed by atoms with Crippen molar-refractivity contribution in [2.45, 2.75) is 52.0 Å². The molecular weight excluding hydrogens is 228 g/mol. The van der Waals surface area contributed by atoms with Gasteiger partial charge in [0, 0.05) is 19.8 Å². The third-order valence-corrected chi connectivity index (χ3v) is 4.26. The largest absolute Gasteiger partial charge is 0.381 e. The van der Waals surface area contributed by atoms with Crippen LogP contribution >= 0.6 is 0 Å². The van der Waals surface area contributed by atoms with Crippen LogP contribution in [0.5, 0.6) is 0 Å². The molecule has 2 aliphatic rings. The predicted molar refractivity (Wildman–Crippen MR) is 71.2 cm³/mol. The highest BCUT2D eigenvalue weighted by molar-refractivity contribution is 5.83. The number of hydrogen-bond donors (Lipinski definition) is 1. The van der Waals surface area contributed by atoms with Crippen molar-refractivity contribution in [1.29, 1.82) is 0 Å². The van der Waals surface area contributed by atoms with Crippen LogP contribution in [0.3, 0.4) is 0 Å². The topological polar surface area (TPSA) is 41.6 Å². The van der Waals surface area contributed by atoms with E-state index in [2.05, 4.69) is 19.2 Å². The Morgan fingerprint density at radius 2 is 2.17 bits per heavy atom. The fraction of sp³-hybridized carbons (Fsp3) is 0.929. The number of carbonyl (C=O) groups is 1. The molecule has 2 aliphatic heterocycles. The molecule has 2 rings (SSSR count). The second-order valence-electron chi connectivity index (χ2n) is 6.02. The van der Waals surface area contributed by atoms with Gasteiger partial charge in [0.05, 0.1) is 12.7 Å². The molecule has 18 heavy (non-hydrogen) atoms. The Hall–Kier alpha value is -0.610. The number of nitrogens with one attached hydrogen (secondary N) is 1. The van der Waals surface area contributed by atoms with E-state index in [4.69, 9.17) is 4.74 Å². The maximum atomic E-state index is 12.3. The maximum absolute atomic E-state index is 12.3. The van der Waals surface area contributed by atoms with E-state index in [1.807, 2.05) is 4.90 Å². The first kappa shape index (κ1) is 13.8. The lowest BCUT2D eigenvalue weighted by atomic mass is 9.82. The Balaban J connectivity index is 1.85. The fourth-order valence-corrected chi connectivity index (χ4v) is 2.86. The van der Waals surface area contributed by atoms with Crippen molar-refractivity contribution in [3.63, 3.8) is 0 Å². The van der Waals surface area contributed by atoms with Crippen molar-refractivity contribution in [2.75, 3.05) is 26.4 Å². The molecule has 1 atom stereocenters. The van der Waals surface area contributed by atoms with Gasteiger partial charge in [-0.15, -0.1) is 0 Å². The van der Waals surface area contributed by atoms with E-state index in [1.165, 1.54) is 0 Å². The van der Waals surface area contributed by atoms with E-state index in [1.54, 1.807) is 0 Å². The lowest BCUT2D eigenvalue weighted by molar-refractivity contribution is -0.131. The molecule has 0 radical (unpaired) electrons. The minimum absolute atomic E-state index is 0.0633. The lowest BCUT2D eigenvalue weighted by Crippen LogP contribution is -2.41. The lowest BCUT2D eigenvalue weighted by Gasteiger charge is -2.36. The molecular formula is C14H26N2O2. The highest BCUT2D eigenvalue weighted by Gasteiger charge is 2.36. The van der Waals surface area contributed by atoms with Gasteiger partial charge in [0.1, 0.15) is 0 Å². The van der Waals surface area contributed by atoms with Crippen molar-refractivity contribution in [3.8, 4) is 0 Å². The third kappa shape index (κ3) is 3.23. The number of nitrogens with zero attached hydrogens (tertiary/aromatic N) is 1. The van der Waals surface area contributed by atoms with Crippen LogP contribution in [0.25, 0.3) is 0 Å². The fourth-order valence-electron chi connectivity index (χ4n) is 2.86. The zero-order valence-electron chi connectivity index (χ0n) is 11.7. The number of hydrogen-bond acceptors (Lipinski definition) is 3. The molecule has 0 saturated carbocycles.